The van der Waals surface area contributed by atoms with Crippen LogP contribution in [0.15, 0.2) is 36.4 Å². The smallest absolute Gasteiger partial charge is 0.347 e. The van der Waals surface area contributed by atoms with Gasteiger partial charge in [-0.15, -0.1) is 0 Å². The average Bonchev–Trinajstić information content (AvgIpc) is 3.37. The largest absolute Gasteiger partial charge is 0.477 e. The molecule has 0 amide bonds. The van der Waals surface area contributed by atoms with Gasteiger partial charge in [0.05, 0.1) is 11.4 Å². The third kappa shape index (κ3) is 2.78. The second kappa shape index (κ2) is 6.15. The summed E-state index contributed by atoms with van der Waals surface area (Å²) in [6.45, 7) is 4.56. The minimum atomic E-state index is -0.911. The first-order chi connectivity index (χ1) is 12.1. The summed E-state index contributed by atoms with van der Waals surface area (Å²) in [6, 6.07) is 12.9. The number of aryl methyl sites for hydroxylation is 1. The number of rotatable bonds is 5. The van der Waals surface area contributed by atoms with Crippen LogP contribution in [0.2, 0.25) is 0 Å². The quantitative estimate of drug-likeness (QED) is 0.673. The standard InChI is InChI=1S/C20H20N2O2S/c1-3-22(20-21-12(2)18(25-20)19(23)24)17-11-10-14(13-8-9-13)15-6-4-5-7-16(15)17/h4-7,10-11,13H,3,8-9H2,1-2H3,(H,23,24). The van der Waals surface area contributed by atoms with E-state index in [-0.39, 0.29) is 0 Å². The molecule has 4 nitrogen and oxygen atoms in total. The Balaban J connectivity index is 1.86. The molecule has 1 aromatic heterocycles. The monoisotopic (exact) mass is 352 g/mol. The van der Waals surface area contributed by atoms with Crippen molar-refractivity contribution in [1.82, 2.24) is 4.98 Å². The Bertz CT molecular complexity index is 959. The molecule has 1 aliphatic carbocycles. The molecular weight excluding hydrogens is 332 g/mol. The number of benzene rings is 2. The molecule has 25 heavy (non-hydrogen) atoms. The summed E-state index contributed by atoms with van der Waals surface area (Å²) >= 11 is 1.24. The van der Waals surface area contributed by atoms with Gasteiger partial charge in [0.25, 0.3) is 0 Å². The zero-order valence-corrected chi connectivity index (χ0v) is 15.1. The first kappa shape index (κ1) is 16.1. The lowest BCUT2D eigenvalue weighted by Crippen LogP contribution is -2.16. The van der Waals surface area contributed by atoms with Crippen LogP contribution >= 0.6 is 11.3 Å². The Morgan fingerprint density at radius 2 is 1.96 bits per heavy atom. The van der Waals surface area contributed by atoms with E-state index >= 15 is 0 Å². The molecule has 4 rings (SSSR count). The van der Waals surface area contributed by atoms with Crippen molar-refractivity contribution in [1.29, 1.82) is 0 Å². The molecule has 1 fully saturated rings. The van der Waals surface area contributed by atoms with Crippen LogP contribution in [0.25, 0.3) is 10.8 Å². The van der Waals surface area contributed by atoms with Crippen LogP contribution in [0, 0.1) is 6.92 Å². The number of hydrogen-bond donors (Lipinski definition) is 1. The second-order valence-corrected chi connectivity index (χ2v) is 7.43. The molecule has 0 spiro atoms. The lowest BCUT2D eigenvalue weighted by Gasteiger charge is -2.23. The summed E-state index contributed by atoms with van der Waals surface area (Å²) in [7, 11) is 0. The predicted octanol–water partition coefficient (Wildman–Crippen LogP) is 5.34. The van der Waals surface area contributed by atoms with Crippen molar-refractivity contribution in [3.63, 3.8) is 0 Å². The summed E-state index contributed by atoms with van der Waals surface area (Å²) in [5, 5.41) is 12.6. The number of carboxylic acid groups (broad SMARTS) is 1. The zero-order chi connectivity index (χ0) is 17.6. The van der Waals surface area contributed by atoms with Gasteiger partial charge in [0.1, 0.15) is 4.88 Å². The third-order valence-electron chi connectivity index (χ3n) is 4.77. The van der Waals surface area contributed by atoms with Crippen molar-refractivity contribution in [2.45, 2.75) is 32.6 Å². The molecule has 0 radical (unpaired) electrons. The molecule has 5 heteroatoms. The second-order valence-electron chi connectivity index (χ2n) is 6.45. The van der Waals surface area contributed by atoms with Gasteiger partial charge in [0.2, 0.25) is 0 Å². The highest BCUT2D eigenvalue weighted by atomic mass is 32.1. The predicted molar refractivity (Wildman–Crippen MR) is 102 cm³/mol. The SMILES string of the molecule is CCN(c1nc(C)c(C(=O)O)s1)c1ccc(C2CC2)c2ccccc12. The molecule has 0 bridgehead atoms. The maximum atomic E-state index is 11.4. The number of fused-ring (bicyclic) bond motifs is 1. The van der Waals surface area contributed by atoms with E-state index in [2.05, 4.69) is 53.2 Å². The fraction of sp³-hybridized carbons (Fsp3) is 0.300. The van der Waals surface area contributed by atoms with E-state index in [0.717, 1.165) is 17.4 Å². The minimum Gasteiger partial charge on any atom is -0.477 e. The molecule has 1 aliphatic rings. The lowest BCUT2D eigenvalue weighted by atomic mass is 9.99. The highest BCUT2D eigenvalue weighted by molar-refractivity contribution is 7.17. The molecule has 0 aliphatic heterocycles. The van der Waals surface area contributed by atoms with Gasteiger partial charge in [-0.3, -0.25) is 0 Å². The van der Waals surface area contributed by atoms with E-state index < -0.39 is 5.97 Å². The van der Waals surface area contributed by atoms with E-state index in [9.17, 15) is 9.90 Å². The Morgan fingerprint density at radius 1 is 1.24 bits per heavy atom. The number of aromatic carboxylic acids is 1. The lowest BCUT2D eigenvalue weighted by molar-refractivity contribution is 0.0701. The summed E-state index contributed by atoms with van der Waals surface area (Å²) in [6.07, 6.45) is 2.54. The van der Waals surface area contributed by atoms with E-state index in [1.54, 1.807) is 6.92 Å². The van der Waals surface area contributed by atoms with Crippen molar-refractivity contribution in [2.75, 3.05) is 11.4 Å². The molecular formula is C20H20N2O2S. The number of nitrogens with zero attached hydrogens (tertiary/aromatic N) is 2. The summed E-state index contributed by atoms with van der Waals surface area (Å²) < 4.78 is 0. The van der Waals surface area contributed by atoms with E-state index in [1.165, 1.54) is 40.5 Å². The summed E-state index contributed by atoms with van der Waals surface area (Å²) in [5.74, 6) is -0.221. The first-order valence-electron chi connectivity index (χ1n) is 8.60. The number of aromatic nitrogens is 1. The van der Waals surface area contributed by atoms with Crippen LogP contribution in [0.3, 0.4) is 0 Å². The number of thiazole rings is 1. The van der Waals surface area contributed by atoms with Gasteiger partial charge in [0, 0.05) is 11.9 Å². The van der Waals surface area contributed by atoms with Crippen LogP contribution in [0.4, 0.5) is 10.8 Å². The van der Waals surface area contributed by atoms with E-state index in [1.807, 2.05) is 0 Å². The fourth-order valence-corrected chi connectivity index (χ4v) is 4.38. The summed E-state index contributed by atoms with van der Waals surface area (Å²) in [5.41, 5.74) is 3.09. The van der Waals surface area contributed by atoms with E-state index in [0.29, 0.717) is 16.5 Å². The Hall–Kier alpha value is -2.40. The number of hydrogen-bond acceptors (Lipinski definition) is 4. The van der Waals surface area contributed by atoms with Gasteiger partial charge in [-0.25, -0.2) is 9.78 Å². The van der Waals surface area contributed by atoms with Crippen molar-refractivity contribution in [3.05, 3.63) is 52.5 Å². The van der Waals surface area contributed by atoms with Crippen molar-refractivity contribution in [3.8, 4) is 0 Å². The molecule has 0 saturated heterocycles. The fourth-order valence-electron chi connectivity index (χ4n) is 3.40. The zero-order valence-electron chi connectivity index (χ0n) is 14.3. The normalized spacial score (nSPS) is 14.0. The van der Waals surface area contributed by atoms with Gasteiger partial charge >= 0.3 is 5.97 Å². The van der Waals surface area contributed by atoms with Crippen molar-refractivity contribution < 1.29 is 9.90 Å². The molecule has 0 atom stereocenters. The van der Waals surface area contributed by atoms with Crippen LogP contribution in [0.1, 0.15) is 46.6 Å². The molecule has 3 aromatic rings. The highest BCUT2D eigenvalue weighted by Gasteiger charge is 2.27. The maximum Gasteiger partial charge on any atom is 0.347 e. The van der Waals surface area contributed by atoms with Gasteiger partial charge in [0.15, 0.2) is 5.13 Å². The summed E-state index contributed by atoms with van der Waals surface area (Å²) in [4.78, 5) is 18.3. The van der Waals surface area contributed by atoms with E-state index in [4.69, 9.17) is 0 Å². The molecule has 128 valence electrons. The maximum absolute atomic E-state index is 11.4. The van der Waals surface area contributed by atoms with Crippen LogP contribution in [0.5, 0.6) is 0 Å². The minimum absolute atomic E-state index is 0.312. The van der Waals surface area contributed by atoms with Gasteiger partial charge < -0.3 is 10.0 Å². The van der Waals surface area contributed by atoms with Crippen LogP contribution in [-0.2, 0) is 0 Å². The topological polar surface area (TPSA) is 53.4 Å². The van der Waals surface area contributed by atoms with Crippen molar-refractivity contribution >= 4 is 38.9 Å². The average molecular weight is 352 g/mol. The van der Waals surface area contributed by atoms with Gasteiger partial charge in [-0.1, -0.05) is 41.7 Å². The van der Waals surface area contributed by atoms with Gasteiger partial charge in [-0.05, 0) is 49.6 Å². The molecule has 1 N–H and O–H groups in total. The molecule has 2 aromatic carbocycles. The Labute approximate surface area is 150 Å². The third-order valence-corrected chi connectivity index (χ3v) is 5.94. The first-order valence-corrected chi connectivity index (χ1v) is 9.41. The van der Waals surface area contributed by atoms with Crippen molar-refractivity contribution in [2.24, 2.45) is 0 Å². The Morgan fingerprint density at radius 3 is 2.56 bits per heavy atom. The Kier molecular flexibility index (Phi) is 3.96. The van der Waals surface area contributed by atoms with Crippen LogP contribution < -0.4 is 4.90 Å². The molecule has 0 unspecified atom stereocenters. The highest BCUT2D eigenvalue weighted by Crippen LogP contribution is 2.45. The molecule has 1 heterocycles. The van der Waals surface area contributed by atoms with Gasteiger partial charge in [-0.2, -0.15) is 0 Å². The number of carboxylic acids is 1. The number of anilines is 2. The van der Waals surface area contributed by atoms with Crippen LogP contribution in [-0.4, -0.2) is 22.6 Å². The molecule has 1 saturated carbocycles. The number of carbonyl (C=O) groups is 1.